The van der Waals surface area contributed by atoms with Crippen molar-refractivity contribution in [2.45, 2.75) is 90.6 Å². The summed E-state index contributed by atoms with van der Waals surface area (Å²) in [4.78, 5) is 22.0. The topological polar surface area (TPSA) is 36.9 Å². The van der Waals surface area contributed by atoms with Crippen LogP contribution in [0, 0.1) is 0 Å². The third-order valence-corrected chi connectivity index (χ3v) is 2.50. The summed E-state index contributed by atoms with van der Waals surface area (Å²) < 4.78 is 0. The summed E-state index contributed by atoms with van der Waals surface area (Å²) in [5, 5.41) is 0. The van der Waals surface area contributed by atoms with Gasteiger partial charge in [0.2, 0.25) is 5.79 Å². The highest BCUT2D eigenvalue weighted by atomic mass is 17.3. The van der Waals surface area contributed by atoms with E-state index in [0.717, 1.165) is 25.7 Å². The highest BCUT2D eigenvalue weighted by Crippen LogP contribution is 2.35. The first-order valence-corrected chi connectivity index (χ1v) is 6.86. The second-order valence-corrected chi connectivity index (χ2v) is 7.03. The standard InChI is InChI=1S/C14H28O4/c1-12(2,3)15-17-14(10-8-7-9-11-14)18-16-13(4,5)6/h7-11H2,1-6H3. The Balaban J connectivity index is 2.57. The molecule has 1 fully saturated rings. The Kier molecular flexibility index (Phi) is 5.18. The Morgan fingerprint density at radius 3 is 1.39 bits per heavy atom. The molecule has 1 aliphatic carbocycles. The van der Waals surface area contributed by atoms with Crippen LogP contribution in [0.5, 0.6) is 0 Å². The minimum atomic E-state index is -0.751. The Hall–Kier alpha value is -0.160. The van der Waals surface area contributed by atoms with Gasteiger partial charge in [-0.05, 0) is 54.4 Å². The summed E-state index contributed by atoms with van der Waals surface area (Å²) in [5.74, 6) is -0.751. The fourth-order valence-corrected chi connectivity index (χ4v) is 1.67. The van der Waals surface area contributed by atoms with Gasteiger partial charge >= 0.3 is 0 Å². The third kappa shape index (κ3) is 6.14. The van der Waals surface area contributed by atoms with Gasteiger partial charge in [0.25, 0.3) is 0 Å². The zero-order valence-corrected chi connectivity index (χ0v) is 12.7. The minimum absolute atomic E-state index is 0.352. The van der Waals surface area contributed by atoms with Crippen molar-refractivity contribution in [3.63, 3.8) is 0 Å². The normalized spacial score (nSPS) is 21.0. The molecule has 0 aliphatic heterocycles. The van der Waals surface area contributed by atoms with E-state index < -0.39 is 5.79 Å². The van der Waals surface area contributed by atoms with E-state index in [-0.39, 0.29) is 11.2 Å². The lowest BCUT2D eigenvalue weighted by Crippen LogP contribution is -2.42. The summed E-state index contributed by atoms with van der Waals surface area (Å²) in [6, 6.07) is 0. The molecule has 108 valence electrons. The first kappa shape index (κ1) is 15.9. The fraction of sp³-hybridized carbons (Fsp3) is 1.00. The van der Waals surface area contributed by atoms with Gasteiger partial charge in [-0.3, -0.25) is 0 Å². The Labute approximate surface area is 111 Å². The van der Waals surface area contributed by atoms with Crippen LogP contribution in [0.4, 0.5) is 0 Å². The molecule has 4 heteroatoms. The first-order valence-electron chi connectivity index (χ1n) is 6.86. The van der Waals surface area contributed by atoms with Crippen molar-refractivity contribution in [1.29, 1.82) is 0 Å². The summed E-state index contributed by atoms with van der Waals surface area (Å²) in [6.07, 6.45) is 4.96. The molecule has 0 saturated heterocycles. The molecule has 0 aromatic carbocycles. The molecule has 1 rings (SSSR count). The molecular weight excluding hydrogens is 232 g/mol. The monoisotopic (exact) mass is 260 g/mol. The smallest absolute Gasteiger partial charge is 0.228 e. The second-order valence-electron chi connectivity index (χ2n) is 7.03. The zero-order chi connectivity index (χ0) is 13.9. The van der Waals surface area contributed by atoms with E-state index in [4.69, 9.17) is 19.6 Å². The van der Waals surface area contributed by atoms with Crippen LogP contribution in [0.2, 0.25) is 0 Å². The van der Waals surface area contributed by atoms with E-state index in [2.05, 4.69) is 0 Å². The van der Waals surface area contributed by atoms with Gasteiger partial charge < -0.3 is 0 Å². The Morgan fingerprint density at radius 2 is 1.06 bits per heavy atom. The van der Waals surface area contributed by atoms with E-state index in [1.807, 2.05) is 41.5 Å². The lowest BCUT2D eigenvalue weighted by atomic mass is 9.94. The van der Waals surface area contributed by atoms with Crippen LogP contribution in [-0.4, -0.2) is 17.0 Å². The summed E-state index contributed by atoms with van der Waals surface area (Å²) in [5.41, 5.74) is -0.703. The van der Waals surface area contributed by atoms with Crippen molar-refractivity contribution in [2.24, 2.45) is 0 Å². The van der Waals surface area contributed by atoms with E-state index >= 15 is 0 Å². The maximum Gasteiger partial charge on any atom is 0.234 e. The molecule has 0 N–H and O–H groups in total. The van der Waals surface area contributed by atoms with E-state index in [1.165, 1.54) is 6.42 Å². The van der Waals surface area contributed by atoms with Crippen molar-refractivity contribution in [2.75, 3.05) is 0 Å². The third-order valence-electron chi connectivity index (χ3n) is 2.50. The van der Waals surface area contributed by atoms with Gasteiger partial charge in [-0.15, -0.1) is 0 Å². The van der Waals surface area contributed by atoms with Crippen molar-refractivity contribution in [1.82, 2.24) is 0 Å². The van der Waals surface area contributed by atoms with Gasteiger partial charge in [0.1, 0.15) is 0 Å². The predicted octanol–water partition coefficient (Wildman–Crippen LogP) is 4.14. The molecule has 0 bridgehead atoms. The van der Waals surface area contributed by atoms with E-state index in [0.29, 0.717) is 0 Å². The number of hydrogen-bond donors (Lipinski definition) is 0. The molecule has 0 heterocycles. The van der Waals surface area contributed by atoms with Crippen molar-refractivity contribution < 1.29 is 19.6 Å². The summed E-state index contributed by atoms with van der Waals surface area (Å²) >= 11 is 0. The maximum atomic E-state index is 5.58. The van der Waals surface area contributed by atoms with Crippen molar-refractivity contribution in [3.05, 3.63) is 0 Å². The lowest BCUT2D eigenvalue weighted by Gasteiger charge is -2.37. The minimum Gasteiger partial charge on any atom is -0.228 e. The van der Waals surface area contributed by atoms with Crippen LogP contribution in [-0.2, 0) is 19.6 Å². The number of hydrogen-bond acceptors (Lipinski definition) is 4. The highest BCUT2D eigenvalue weighted by molar-refractivity contribution is 4.73. The van der Waals surface area contributed by atoms with E-state index in [1.54, 1.807) is 0 Å². The summed E-state index contributed by atoms with van der Waals surface area (Å²) in [6.45, 7) is 11.7. The van der Waals surface area contributed by atoms with Crippen LogP contribution in [0.3, 0.4) is 0 Å². The largest absolute Gasteiger partial charge is 0.234 e. The molecule has 0 radical (unpaired) electrons. The molecule has 0 aromatic heterocycles. The van der Waals surface area contributed by atoms with Gasteiger partial charge in [-0.1, -0.05) is 6.42 Å². The molecule has 0 atom stereocenters. The molecule has 0 amide bonds. The average molecular weight is 260 g/mol. The van der Waals surface area contributed by atoms with Crippen molar-refractivity contribution >= 4 is 0 Å². The van der Waals surface area contributed by atoms with Crippen LogP contribution >= 0.6 is 0 Å². The molecule has 1 saturated carbocycles. The molecule has 18 heavy (non-hydrogen) atoms. The Bertz CT molecular complexity index is 224. The van der Waals surface area contributed by atoms with Crippen LogP contribution < -0.4 is 0 Å². The SMILES string of the molecule is CC(C)(C)OOC1(OOC(C)(C)C)CCCCC1. The van der Waals surface area contributed by atoms with Crippen LogP contribution in [0.25, 0.3) is 0 Å². The molecule has 0 aromatic rings. The molecule has 0 unspecified atom stereocenters. The van der Waals surface area contributed by atoms with Gasteiger partial charge in [0.05, 0.1) is 11.2 Å². The fourth-order valence-electron chi connectivity index (χ4n) is 1.67. The molecule has 1 aliphatic rings. The van der Waals surface area contributed by atoms with E-state index in [9.17, 15) is 0 Å². The Morgan fingerprint density at radius 1 is 0.667 bits per heavy atom. The molecular formula is C14H28O4. The van der Waals surface area contributed by atoms with Crippen LogP contribution in [0.1, 0.15) is 73.6 Å². The van der Waals surface area contributed by atoms with Crippen LogP contribution in [0.15, 0.2) is 0 Å². The first-order chi connectivity index (χ1) is 8.12. The lowest BCUT2D eigenvalue weighted by molar-refractivity contribution is -0.545. The van der Waals surface area contributed by atoms with Gasteiger partial charge in [0, 0.05) is 12.8 Å². The molecule has 0 spiro atoms. The average Bonchev–Trinajstić information content (AvgIpc) is 2.24. The van der Waals surface area contributed by atoms with Gasteiger partial charge in [-0.2, -0.15) is 9.78 Å². The number of rotatable bonds is 4. The molecule has 4 nitrogen and oxygen atoms in total. The van der Waals surface area contributed by atoms with Gasteiger partial charge in [0.15, 0.2) is 0 Å². The zero-order valence-electron chi connectivity index (χ0n) is 12.7. The van der Waals surface area contributed by atoms with Crippen molar-refractivity contribution in [3.8, 4) is 0 Å². The predicted molar refractivity (Wildman–Crippen MR) is 69.7 cm³/mol. The maximum absolute atomic E-state index is 5.58. The summed E-state index contributed by atoms with van der Waals surface area (Å²) in [7, 11) is 0. The van der Waals surface area contributed by atoms with Gasteiger partial charge in [-0.25, -0.2) is 9.78 Å². The second kappa shape index (κ2) is 5.87. The quantitative estimate of drug-likeness (QED) is 0.432. The highest BCUT2D eigenvalue weighted by Gasteiger charge is 2.39.